The van der Waals surface area contributed by atoms with Gasteiger partial charge in [-0.1, -0.05) is 6.42 Å². The summed E-state index contributed by atoms with van der Waals surface area (Å²) in [5.74, 6) is 0.821. The molecule has 2 fully saturated rings. The molecule has 0 saturated carbocycles. The lowest BCUT2D eigenvalue weighted by atomic mass is 9.83. The van der Waals surface area contributed by atoms with Crippen molar-refractivity contribution in [1.82, 2.24) is 15.3 Å². The Morgan fingerprint density at radius 3 is 2.96 bits per heavy atom. The van der Waals surface area contributed by atoms with Crippen molar-refractivity contribution >= 4 is 5.95 Å². The average Bonchev–Trinajstić information content (AvgIpc) is 2.80. The van der Waals surface area contributed by atoms with Crippen LogP contribution in [0.1, 0.15) is 56.2 Å². The lowest BCUT2D eigenvalue weighted by molar-refractivity contribution is -0.0987. The molecule has 0 radical (unpaired) electrons. The third kappa shape index (κ3) is 3.50. The molecule has 126 valence electrons. The topological polar surface area (TPSA) is 59.1 Å². The predicted octanol–water partition coefficient (Wildman–Crippen LogP) is 2.46. The number of rotatable bonds is 2. The maximum absolute atomic E-state index is 6.16. The van der Waals surface area contributed by atoms with Crippen molar-refractivity contribution in [3.05, 3.63) is 17.5 Å². The van der Waals surface area contributed by atoms with E-state index < -0.39 is 0 Å². The van der Waals surface area contributed by atoms with Crippen LogP contribution in [0.15, 0.2) is 6.20 Å². The highest BCUT2D eigenvalue weighted by molar-refractivity contribution is 5.32. The van der Waals surface area contributed by atoms with E-state index >= 15 is 0 Å². The Morgan fingerprint density at radius 1 is 1.17 bits per heavy atom. The third-order valence-electron chi connectivity index (χ3n) is 5.65. The van der Waals surface area contributed by atoms with Crippen molar-refractivity contribution in [1.29, 1.82) is 0 Å². The fraction of sp³-hybridized carbons (Fsp3) is 0.778. The number of aromatic nitrogens is 2. The Labute approximate surface area is 138 Å². The number of fused-ring (bicyclic) bond motifs is 1. The van der Waals surface area contributed by atoms with Gasteiger partial charge in [0.2, 0.25) is 5.95 Å². The summed E-state index contributed by atoms with van der Waals surface area (Å²) >= 11 is 0. The molecule has 0 bridgehead atoms. The molecule has 1 aromatic rings. The van der Waals surface area contributed by atoms with Crippen molar-refractivity contribution in [2.24, 2.45) is 0 Å². The average molecular weight is 316 g/mol. The van der Waals surface area contributed by atoms with Gasteiger partial charge in [0, 0.05) is 24.5 Å². The third-order valence-corrected chi connectivity index (χ3v) is 5.65. The number of piperidine rings is 1. The van der Waals surface area contributed by atoms with Crippen molar-refractivity contribution in [3.8, 4) is 0 Å². The maximum Gasteiger partial charge on any atom is 0.223 e. The van der Waals surface area contributed by atoms with Crippen LogP contribution >= 0.6 is 0 Å². The molecule has 5 nitrogen and oxygen atoms in total. The SMILES string of the molecule is c1nc(NC2CCOC3(CCNCC3)C2)nc2c1CCCCC2. The summed E-state index contributed by atoms with van der Waals surface area (Å²) in [5.41, 5.74) is 2.70. The smallest absolute Gasteiger partial charge is 0.223 e. The highest BCUT2D eigenvalue weighted by Gasteiger charge is 2.38. The van der Waals surface area contributed by atoms with Crippen molar-refractivity contribution in [2.45, 2.75) is 69.4 Å². The highest BCUT2D eigenvalue weighted by Crippen LogP contribution is 2.34. The molecular weight excluding hydrogens is 288 g/mol. The molecule has 1 aromatic heterocycles. The van der Waals surface area contributed by atoms with Crippen molar-refractivity contribution in [2.75, 3.05) is 25.0 Å². The number of ether oxygens (including phenoxy) is 1. The Bertz CT molecular complexity index is 536. The number of nitrogens with zero attached hydrogens (tertiary/aromatic N) is 2. The van der Waals surface area contributed by atoms with Gasteiger partial charge in [-0.25, -0.2) is 9.97 Å². The normalized spacial score (nSPS) is 27.2. The Balaban J connectivity index is 1.44. The van der Waals surface area contributed by atoms with Crippen molar-refractivity contribution < 1.29 is 4.74 Å². The van der Waals surface area contributed by atoms with Gasteiger partial charge in [-0.3, -0.25) is 0 Å². The summed E-state index contributed by atoms with van der Waals surface area (Å²) in [7, 11) is 0. The van der Waals surface area contributed by atoms with Crippen LogP contribution in [0.4, 0.5) is 5.95 Å². The molecule has 2 saturated heterocycles. The molecule has 0 aromatic carbocycles. The molecule has 5 heteroatoms. The summed E-state index contributed by atoms with van der Waals surface area (Å²) in [5, 5.41) is 7.04. The molecule has 2 aliphatic heterocycles. The second-order valence-electron chi connectivity index (χ2n) is 7.34. The number of aryl methyl sites for hydroxylation is 2. The molecule has 1 spiro atoms. The first-order valence-corrected chi connectivity index (χ1v) is 9.29. The fourth-order valence-electron chi connectivity index (χ4n) is 4.29. The van der Waals surface area contributed by atoms with Gasteiger partial charge in [0.05, 0.1) is 5.60 Å². The number of anilines is 1. The van der Waals surface area contributed by atoms with Gasteiger partial charge in [-0.15, -0.1) is 0 Å². The summed E-state index contributed by atoms with van der Waals surface area (Å²) in [6, 6.07) is 0.436. The zero-order chi connectivity index (χ0) is 15.5. The molecule has 1 unspecified atom stereocenters. The minimum Gasteiger partial charge on any atom is -0.375 e. The molecule has 1 aliphatic carbocycles. The van der Waals surface area contributed by atoms with Crippen molar-refractivity contribution in [3.63, 3.8) is 0 Å². The molecule has 0 amide bonds. The standard InChI is InChI=1S/C18H28N4O/c1-2-4-14-13-20-17(22-16(14)5-3-1)21-15-6-11-23-18(12-15)7-9-19-10-8-18/h13,15,19H,1-12H2,(H,20,21,22). The quantitative estimate of drug-likeness (QED) is 0.821. The van der Waals surface area contributed by atoms with Gasteiger partial charge in [0.25, 0.3) is 0 Å². The van der Waals surface area contributed by atoms with Crippen LogP contribution in [0.2, 0.25) is 0 Å². The van der Waals surface area contributed by atoms with Gasteiger partial charge in [0.1, 0.15) is 0 Å². The van der Waals surface area contributed by atoms with Crippen LogP contribution in [0.25, 0.3) is 0 Å². The lowest BCUT2D eigenvalue weighted by Crippen LogP contribution is -2.50. The molecule has 4 rings (SSSR count). The highest BCUT2D eigenvalue weighted by atomic mass is 16.5. The number of hydrogen-bond donors (Lipinski definition) is 2. The van der Waals surface area contributed by atoms with E-state index in [1.807, 2.05) is 0 Å². The van der Waals surface area contributed by atoms with E-state index in [0.717, 1.165) is 64.2 Å². The zero-order valence-corrected chi connectivity index (χ0v) is 13.9. The van der Waals surface area contributed by atoms with E-state index in [1.54, 1.807) is 0 Å². The van der Waals surface area contributed by atoms with Crippen LogP contribution in [0.5, 0.6) is 0 Å². The molecule has 1 atom stereocenters. The first-order chi connectivity index (χ1) is 11.3. The minimum absolute atomic E-state index is 0.0762. The van der Waals surface area contributed by atoms with E-state index in [2.05, 4.69) is 21.8 Å². The predicted molar refractivity (Wildman–Crippen MR) is 90.7 cm³/mol. The van der Waals surface area contributed by atoms with Crippen LogP contribution in [0.3, 0.4) is 0 Å². The summed E-state index contributed by atoms with van der Waals surface area (Å²) in [6.07, 6.45) is 12.5. The maximum atomic E-state index is 6.16. The van der Waals surface area contributed by atoms with Gasteiger partial charge in [0.15, 0.2) is 0 Å². The molecule has 3 aliphatic rings. The number of hydrogen-bond acceptors (Lipinski definition) is 5. The molecular formula is C18H28N4O. The van der Waals surface area contributed by atoms with Crippen LogP contribution < -0.4 is 10.6 Å². The Morgan fingerprint density at radius 2 is 2.04 bits per heavy atom. The molecule has 23 heavy (non-hydrogen) atoms. The first-order valence-electron chi connectivity index (χ1n) is 9.29. The number of nitrogens with one attached hydrogen (secondary N) is 2. The van der Waals surface area contributed by atoms with Gasteiger partial charge < -0.3 is 15.4 Å². The largest absolute Gasteiger partial charge is 0.375 e. The Hall–Kier alpha value is -1.20. The van der Waals surface area contributed by atoms with Crippen LogP contribution in [-0.4, -0.2) is 41.3 Å². The summed E-state index contributed by atoms with van der Waals surface area (Å²) in [6.45, 7) is 2.99. The first kappa shape index (κ1) is 15.3. The monoisotopic (exact) mass is 316 g/mol. The summed E-state index contributed by atoms with van der Waals surface area (Å²) < 4.78 is 6.16. The second kappa shape index (κ2) is 6.73. The zero-order valence-electron chi connectivity index (χ0n) is 13.9. The van der Waals surface area contributed by atoms with Gasteiger partial charge >= 0.3 is 0 Å². The minimum atomic E-state index is 0.0762. The van der Waals surface area contributed by atoms with E-state index in [0.29, 0.717) is 6.04 Å². The van der Waals surface area contributed by atoms with Gasteiger partial charge in [-0.2, -0.15) is 0 Å². The van der Waals surface area contributed by atoms with E-state index in [1.165, 1.54) is 30.5 Å². The molecule has 2 N–H and O–H groups in total. The summed E-state index contributed by atoms with van der Waals surface area (Å²) in [4.78, 5) is 9.41. The lowest BCUT2D eigenvalue weighted by Gasteiger charge is -2.43. The van der Waals surface area contributed by atoms with E-state index in [-0.39, 0.29) is 5.60 Å². The van der Waals surface area contributed by atoms with Gasteiger partial charge in [-0.05, 0) is 70.0 Å². The van der Waals surface area contributed by atoms with Crippen LogP contribution in [-0.2, 0) is 17.6 Å². The van der Waals surface area contributed by atoms with E-state index in [9.17, 15) is 0 Å². The van der Waals surface area contributed by atoms with Crippen LogP contribution in [0, 0.1) is 0 Å². The molecule has 3 heterocycles. The second-order valence-corrected chi connectivity index (χ2v) is 7.34. The fourth-order valence-corrected chi connectivity index (χ4v) is 4.29. The Kier molecular flexibility index (Phi) is 4.49. The van der Waals surface area contributed by atoms with E-state index in [4.69, 9.17) is 9.72 Å².